The number of benzene rings is 1. The van der Waals surface area contributed by atoms with Crippen LogP contribution in [0.25, 0.3) is 0 Å². The number of allylic oxidation sites excluding steroid dienone is 1. The molecular formula is C15H20N2O. The second kappa shape index (κ2) is 5.71. The first kappa shape index (κ1) is 12.7. The Labute approximate surface area is 109 Å². The van der Waals surface area contributed by atoms with Gasteiger partial charge in [-0.25, -0.2) is 0 Å². The zero-order chi connectivity index (χ0) is 13.0. The summed E-state index contributed by atoms with van der Waals surface area (Å²) < 4.78 is 0. The number of carbonyl (C=O) groups excluding carboxylic acids is 1. The molecule has 0 radical (unpaired) electrons. The molecule has 0 unspecified atom stereocenters. The number of piperazine rings is 1. The van der Waals surface area contributed by atoms with Gasteiger partial charge in [0.2, 0.25) is 5.91 Å². The summed E-state index contributed by atoms with van der Waals surface area (Å²) >= 11 is 0. The van der Waals surface area contributed by atoms with Gasteiger partial charge in [-0.1, -0.05) is 24.3 Å². The molecule has 0 spiro atoms. The average Bonchev–Trinajstić information content (AvgIpc) is 2.47. The van der Waals surface area contributed by atoms with Crippen molar-refractivity contribution in [2.24, 2.45) is 0 Å². The average molecular weight is 244 g/mol. The van der Waals surface area contributed by atoms with E-state index in [-0.39, 0.29) is 5.91 Å². The fourth-order valence-corrected chi connectivity index (χ4v) is 2.18. The van der Waals surface area contributed by atoms with Crippen molar-refractivity contribution < 1.29 is 4.79 Å². The lowest BCUT2D eigenvalue weighted by atomic mass is 10.2. The van der Waals surface area contributed by atoms with E-state index in [2.05, 4.69) is 29.2 Å². The standard InChI is InChI=1S/C15H20N2O/c1-3-13(2)15(18)17-11-9-16(10-12-17)14-7-5-4-6-8-14/h3-8H,9-12H2,1-2H3. The number of nitrogens with zero attached hydrogens (tertiary/aromatic N) is 2. The minimum atomic E-state index is 0.171. The molecule has 1 fully saturated rings. The molecular weight excluding hydrogens is 224 g/mol. The molecule has 96 valence electrons. The highest BCUT2D eigenvalue weighted by Crippen LogP contribution is 2.16. The molecule has 2 rings (SSSR count). The lowest BCUT2D eigenvalue weighted by Gasteiger charge is -2.36. The van der Waals surface area contributed by atoms with Crippen LogP contribution in [-0.4, -0.2) is 37.0 Å². The van der Waals surface area contributed by atoms with E-state index in [0.29, 0.717) is 0 Å². The zero-order valence-electron chi connectivity index (χ0n) is 11.1. The van der Waals surface area contributed by atoms with Gasteiger partial charge in [-0.3, -0.25) is 4.79 Å². The molecule has 0 aromatic heterocycles. The van der Waals surface area contributed by atoms with Crippen molar-refractivity contribution in [1.82, 2.24) is 4.90 Å². The summed E-state index contributed by atoms with van der Waals surface area (Å²) in [6.45, 7) is 7.22. The first-order valence-corrected chi connectivity index (χ1v) is 6.44. The molecule has 0 atom stereocenters. The van der Waals surface area contributed by atoms with Crippen LogP contribution in [-0.2, 0) is 4.79 Å². The van der Waals surface area contributed by atoms with Crippen LogP contribution in [0.4, 0.5) is 5.69 Å². The van der Waals surface area contributed by atoms with E-state index >= 15 is 0 Å². The summed E-state index contributed by atoms with van der Waals surface area (Å²) in [6.07, 6.45) is 1.88. The third-order valence-electron chi connectivity index (χ3n) is 3.46. The van der Waals surface area contributed by atoms with Gasteiger partial charge >= 0.3 is 0 Å². The smallest absolute Gasteiger partial charge is 0.249 e. The lowest BCUT2D eigenvalue weighted by molar-refractivity contribution is -0.127. The maximum atomic E-state index is 12.0. The number of rotatable bonds is 2. The molecule has 18 heavy (non-hydrogen) atoms. The molecule has 3 nitrogen and oxygen atoms in total. The number of para-hydroxylation sites is 1. The van der Waals surface area contributed by atoms with Crippen LogP contribution in [0.1, 0.15) is 13.8 Å². The van der Waals surface area contributed by atoms with Crippen molar-refractivity contribution in [2.45, 2.75) is 13.8 Å². The van der Waals surface area contributed by atoms with E-state index in [9.17, 15) is 4.79 Å². The fourth-order valence-electron chi connectivity index (χ4n) is 2.18. The summed E-state index contributed by atoms with van der Waals surface area (Å²) in [5.74, 6) is 0.171. The van der Waals surface area contributed by atoms with Crippen molar-refractivity contribution >= 4 is 11.6 Å². The third kappa shape index (κ3) is 2.73. The van der Waals surface area contributed by atoms with Crippen LogP contribution in [0.5, 0.6) is 0 Å². The summed E-state index contributed by atoms with van der Waals surface area (Å²) in [5, 5.41) is 0. The van der Waals surface area contributed by atoms with Gasteiger partial charge in [-0.05, 0) is 26.0 Å². The Balaban J connectivity index is 1.95. The van der Waals surface area contributed by atoms with Crippen LogP contribution in [0.3, 0.4) is 0 Å². The van der Waals surface area contributed by atoms with Gasteiger partial charge in [0.1, 0.15) is 0 Å². The molecule has 1 aliphatic rings. The molecule has 1 saturated heterocycles. The predicted molar refractivity (Wildman–Crippen MR) is 74.7 cm³/mol. The summed E-state index contributed by atoms with van der Waals surface area (Å²) in [5.41, 5.74) is 2.08. The van der Waals surface area contributed by atoms with Crippen molar-refractivity contribution in [2.75, 3.05) is 31.1 Å². The Morgan fingerprint density at radius 3 is 2.28 bits per heavy atom. The molecule has 1 aromatic carbocycles. The second-order valence-corrected chi connectivity index (χ2v) is 4.59. The minimum Gasteiger partial charge on any atom is -0.368 e. The molecule has 0 aliphatic carbocycles. The zero-order valence-corrected chi connectivity index (χ0v) is 11.1. The molecule has 1 aliphatic heterocycles. The van der Waals surface area contributed by atoms with Crippen molar-refractivity contribution in [3.8, 4) is 0 Å². The Bertz CT molecular complexity index is 431. The van der Waals surface area contributed by atoms with Gasteiger partial charge < -0.3 is 9.80 Å². The van der Waals surface area contributed by atoms with Crippen LogP contribution in [0.15, 0.2) is 42.0 Å². The first-order chi connectivity index (χ1) is 8.72. The largest absolute Gasteiger partial charge is 0.368 e. The predicted octanol–water partition coefficient (Wildman–Crippen LogP) is 2.30. The molecule has 1 heterocycles. The minimum absolute atomic E-state index is 0.171. The van der Waals surface area contributed by atoms with Crippen molar-refractivity contribution in [3.05, 3.63) is 42.0 Å². The monoisotopic (exact) mass is 244 g/mol. The molecule has 0 N–H and O–H groups in total. The van der Waals surface area contributed by atoms with Gasteiger partial charge in [-0.15, -0.1) is 0 Å². The number of amides is 1. The normalized spacial score (nSPS) is 16.9. The Morgan fingerprint density at radius 2 is 1.72 bits per heavy atom. The molecule has 0 bridgehead atoms. The SMILES string of the molecule is CC=C(C)C(=O)N1CCN(c2ccccc2)CC1. The lowest BCUT2D eigenvalue weighted by Crippen LogP contribution is -2.49. The summed E-state index contributed by atoms with van der Waals surface area (Å²) in [6, 6.07) is 10.4. The number of carbonyl (C=O) groups is 1. The van der Waals surface area contributed by atoms with Gasteiger partial charge in [0.05, 0.1) is 0 Å². The summed E-state index contributed by atoms with van der Waals surface area (Å²) in [7, 11) is 0. The number of hydrogen-bond acceptors (Lipinski definition) is 2. The van der Waals surface area contributed by atoms with Crippen molar-refractivity contribution in [3.63, 3.8) is 0 Å². The van der Waals surface area contributed by atoms with Gasteiger partial charge in [-0.2, -0.15) is 0 Å². The topological polar surface area (TPSA) is 23.6 Å². The van der Waals surface area contributed by atoms with Crippen LogP contribution < -0.4 is 4.90 Å². The highest BCUT2D eigenvalue weighted by molar-refractivity contribution is 5.92. The second-order valence-electron chi connectivity index (χ2n) is 4.59. The van der Waals surface area contributed by atoms with E-state index in [1.807, 2.05) is 30.9 Å². The third-order valence-corrected chi connectivity index (χ3v) is 3.46. The van der Waals surface area contributed by atoms with Crippen LogP contribution in [0, 0.1) is 0 Å². The number of anilines is 1. The van der Waals surface area contributed by atoms with E-state index in [4.69, 9.17) is 0 Å². The molecule has 1 amide bonds. The van der Waals surface area contributed by atoms with E-state index in [0.717, 1.165) is 31.8 Å². The maximum Gasteiger partial charge on any atom is 0.249 e. The van der Waals surface area contributed by atoms with E-state index < -0.39 is 0 Å². The summed E-state index contributed by atoms with van der Waals surface area (Å²) in [4.78, 5) is 16.3. The van der Waals surface area contributed by atoms with Gasteiger partial charge in [0.15, 0.2) is 0 Å². The molecule has 1 aromatic rings. The molecule has 0 saturated carbocycles. The van der Waals surface area contributed by atoms with Gasteiger partial charge in [0.25, 0.3) is 0 Å². The Hall–Kier alpha value is -1.77. The van der Waals surface area contributed by atoms with E-state index in [1.54, 1.807) is 0 Å². The quantitative estimate of drug-likeness (QED) is 0.745. The highest BCUT2D eigenvalue weighted by Gasteiger charge is 2.21. The molecule has 3 heteroatoms. The van der Waals surface area contributed by atoms with Crippen molar-refractivity contribution in [1.29, 1.82) is 0 Å². The fraction of sp³-hybridized carbons (Fsp3) is 0.400. The van der Waals surface area contributed by atoms with E-state index in [1.165, 1.54) is 5.69 Å². The maximum absolute atomic E-state index is 12.0. The van der Waals surface area contributed by atoms with Gasteiger partial charge in [0, 0.05) is 37.4 Å². The Kier molecular flexibility index (Phi) is 4.03. The number of hydrogen-bond donors (Lipinski definition) is 0. The Morgan fingerprint density at radius 1 is 1.11 bits per heavy atom. The van der Waals surface area contributed by atoms with Crippen LogP contribution >= 0.6 is 0 Å². The highest BCUT2D eigenvalue weighted by atomic mass is 16.2. The van der Waals surface area contributed by atoms with Crippen LogP contribution in [0.2, 0.25) is 0 Å². The first-order valence-electron chi connectivity index (χ1n) is 6.44.